The van der Waals surface area contributed by atoms with E-state index in [0.717, 1.165) is 17.8 Å². The number of hydrogen-bond acceptors (Lipinski definition) is 4. The Morgan fingerprint density at radius 1 is 1.26 bits per heavy atom. The molecule has 1 aromatic heterocycles. The van der Waals surface area contributed by atoms with Gasteiger partial charge in [0, 0.05) is 6.07 Å². The SMILES string of the molecule is O=C(Nc1cnc(Br)cc1OC(F)(F)F)OCc1ccccc1. The van der Waals surface area contributed by atoms with Gasteiger partial charge in [-0.25, -0.2) is 9.78 Å². The zero-order valence-corrected chi connectivity index (χ0v) is 13.0. The van der Waals surface area contributed by atoms with Crippen molar-refractivity contribution in [2.75, 3.05) is 5.32 Å². The number of halogens is 4. The second-order valence-electron chi connectivity index (χ2n) is 4.24. The van der Waals surface area contributed by atoms with Crippen LogP contribution in [0.15, 0.2) is 47.2 Å². The van der Waals surface area contributed by atoms with Gasteiger partial charge in [0.05, 0.1) is 6.20 Å². The van der Waals surface area contributed by atoms with Crippen molar-refractivity contribution in [1.29, 1.82) is 0 Å². The second kappa shape index (κ2) is 7.32. The van der Waals surface area contributed by atoms with E-state index in [0.29, 0.717) is 0 Å². The number of aromatic nitrogens is 1. The van der Waals surface area contributed by atoms with E-state index in [1.54, 1.807) is 30.3 Å². The van der Waals surface area contributed by atoms with Gasteiger partial charge in [-0.2, -0.15) is 0 Å². The molecule has 0 saturated heterocycles. The molecule has 5 nitrogen and oxygen atoms in total. The summed E-state index contributed by atoms with van der Waals surface area (Å²) >= 11 is 2.93. The molecule has 2 rings (SSSR count). The zero-order chi connectivity index (χ0) is 16.9. The molecule has 9 heteroatoms. The van der Waals surface area contributed by atoms with Crippen molar-refractivity contribution in [1.82, 2.24) is 4.98 Å². The maximum Gasteiger partial charge on any atom is 0.573 e. The predicted octanol–water partition coefficient (Wildman–Crippen LogP) is 4.49. The summed E-state index contributed by atoms with van der Waals surface area (Å²) in [5.41, 5.74) is 0.479. The number of amides is 1. The highest BCUT2D eigenvalue weighted by molar-refractivity contribution is 9.10. The first-order valence-corrected chi connectivity index (χ1v) is 7.02. The molecule has 1 aromatic carbocycles. The van der Waals surface area contributed by atoms with Crippen molar-refractivity contribution >= 4 is 27.7 Å². The molecule has 0 aliphatic heterocycles. The molecular weight excluding hydrogens is 381 g/mol. The number of hydrogen-bond donors (Lipinski definition) is 1. The third-order valence-electron chi connectivity index (χ3n) is 2.51. The minimum absolute atomic E-state index is 0.0217. The number of carbonyl (C=O) groups excluding carboxylic acids is 1. The van der Waals surface area contributed by atoms with Crippen molar-refractivity contribution in [2.45, 2.75) is 13.0 Å². The molecule has 0 bridgehead atoms. The molecule has 0 radical (unpaired) electrons. The predicted molar refractivity (Wildman–Crippen MR) is 78.9 cm³/mol. The number of rotatable bonds is 4. The monoisotopic (exact) mass is 390 g/mol. The van der Waals surface area contributed by atoms with Gasteiger partial charge in [0.15, 0.2) is 5.75 Å². The van der Waals surface area contributed by atoms with Crippen molar-refractivity contribution in [3.63, 3.8) is 0 Å². The molecular formula is C14H10BrF3N2O3. The van der Waals surface area contributed by atoms with Crippen molar-refractivity contribution in [3.05, 3.63) is 52.8 Å². The smallest absolute Gasteiger partial charge is 0.444 e. The maximum absolute atomic E-state index is 12.4. The van der Waals surface area contributed by atoms with E-state index in [-0.39, 0.29) is 16.9 Å². The highest BCUT2D eigenvalue weighted by atomic mass is 79.9. The molecule has 0 unspecified atom stereocenters. The Morgan fingerprint density at radius 3 is 2.61 bits per heavy atom. The van der Waals surface area contributed by atoms with Crippen LogP contribution < -0.4 is 10.1 Å². The first-order chi connectivity index (χ1) is 10.8. The molecule has 1 heterocycles. The standard InChI is InChI=1S/C14H10BrF3N2O3/c15-12-6-11(23-14(16,17)18)10(7-19-12)20-13(21)22-8-9-4-2-1-3-5-9/h1-7H,8H2,(H,20,21). The Morgan fingerprint density at radius 2 is 1.96 bits per heavy atom. The van der Waals surface area contributed by atoms with Crippen molar-refractivity contribution in [3.8, 4) is 5.75 Å². The van der Waals surface area contributed by atoms with Gasteiger partial charge in [-0.3, -0.25) is 5.32 Å². The molecule has 0 spiro atoms. The van der Waals surface area contributed by atoms with Gasteiger partial charge in [-0.1, -0.05) is 30.3 Å². The minimum atomic E-state index is -4.90. The largest absolute Gasteiger partial charge is 0.573 e. The number of anilines is 1. The highest BCUT2D eigenvalue weighted by Gasteiger charge is 2.32. The fourth-order valence-corrected chi connectivity index (χ4v) is 1.90. The van der Waals surface area contributed by atoms with E-state index in [2.05, 4.69) is 31.0 Å². The lowest BCUT2D eigenvalue weighted by atomic mass is 10.2. The summed E-state index contributed by atoms with van der Waals surface area (Å²) in [6.45, 7) is -0.0217. The molecule has 0 aliphatic carbocycles. The van der Waals surface area contributed by atoms with E-state index < -0.39 is 18.2 Å². The molecule has 23 heavy (non-hydrogen) atoms. The number of alkyl halides is 3. The van der Waals surface area contributed by atoms with E-state index in [1.807, 2.05) is 0 Å². The maximum atomic E-state index is 12.4. The van der Waals surface area contributed by atoms with Crippen LogP contribution in [0.5, 0.6) is 5.75 Å². The Balaban J connectivity index is 2.02. The number of carbonyl (C=O) groups is 1. The van der Waals surface area contributed by atoms with E-state index >= 15 is 0 Å². The fourth-order valence-electron chi connectivity index (χ4n) is 1.59. The Bertz CT molecular complexity index is 681. The average molecular weight is 391 g/mol. The van der Waals surface area contributed by atoms with E-state index in [1.165, 1.54) is 0 Å². The number of nitrogens with one attached hydrogen (secondary N) is 1. The van der Waals surface area contributed by atoms with Crippen LogP contribution in [0.1, 0.15) is 5.56 Å². The summed E-state index contributed by atoms with van der Waals surface area (Å²) in [5, 5.41) is 2.16. The van der Waals surface area contributed by atoms with Crippen LogP contribution in [-0.2, 0) is 11.3 Å². The van der Waals surface area contributed by atoms with Crippen LogP contribution in [0.4, 0.5) is 23.7 Å². The minimum Gasteiger partial charge on any atom is -0.444 e. The number of benzene rings is 1. The van der Waals surface area contributed by atoms with Gasteiger partial charge in [-0.05, 0) is 21.5 Å². The zero-order valence-electron chi connectivity index (χ0n) is 11.4. The van der Waals surface area contributed by atoms with Crippen LogP contribution in [0.25, 0.3) is 0 Å². The topological polar surface area (TPSA) is 60.5 Å². The van der Waals surface area contributed by atoms with Crippen molar-refractivity contribution in [2.24, 2.45) is 0 Å². The van der Waals surface area contributed by atoms with Crippen LogP contribution in [0.3, 0.4) is 0 Å². The highest BCUT2D eigenvalue weighted by Crippen LogP contribution is 2.31. The number of ether oxygens (including phenoxy) is 2. The first kappa shape index (κ1) is 17.1. The molecule has 0 saturated carbocycles. The summed E-state index contributed by atoms with van der Waals surface area (Å²) in [7, 11) is 0. The third-order valence-corrected chi connectivity index (χ3v) is 2.94. The normalized spacial score (nSPS) is 11.0. The lowest BCUT2D eigenvalue weighted by Gasteiger charge is -2.14. The quantitative estimate of drug-likeness (QED) is 0.781. The molecule has 0 aliphatic rings. The summed E-state index contributed by atoms with van der Waals surface area (Å²) < 4.78 is 46.0. The summed E-state index contributed by atoms with van der Waals surface area (Å²) in [5.74, 6) is -0.601. The lowest BCUT2D eigenvalue weighted by Crippen LogP contribution is -2.20. The van der Waals surface area contributed by atoms with Gasteiger partial charge in [0.2, 0.25) is 0 Å². The molecule has 0 fully saturated rings. The fraction of sp³-hybridized carbons (Fsp3) is 0.143. The van der Waals surface area contributed by atoms with Crippen molar-refractivity contribution < 1.29 is 27.4 Å². The van der Waals surface area contributed by atoms with Gasteiger partial charge in [0.1, 0.15) is 16.9 Å². The molecule has 2 aromatic rings. The Kier molecular flexibility index (Phi) is 5.43. The third kappa shape index (κ3) is 5.78. The summed E-state index contributed by atoms with van der Waals surface area (Å²) in [4.78, 5) is 15.4. The van der Waals surface area contributed by atoms with Gasteiger partial charge in [-0.15, -0.1) is 13.2 Å². The average Bonchev–Trinajstić information content (AvgIpc) is 2.47. The van der Waals surface area contributed by atoms with Crippen LogP contribution in [-0.4, -0.2) is 17.4 Å². The Labute approximate surface area is 137 Å². The molecule has 1 N–H and O–H groups in total. The summed E-state index contributed by atoms with van der Waals surface area (Å²) in [6, 6.07) is 9.81. The van der Waals surface area contributed by atoms with Crippen LogP contribution in [0.2, 0.25) is 0 Å². The van der Waals surface area contributed by atoms with Crippen LogP contribution >= 0.6 is 15.9 Å². The second-order valence-corrected chi connectivity index (χ2v) is 5.05. The Hall–Kier alpha value is -2.29. The molecule has 1 amide bonds. The number of pyridine rings is 1. The summed E-state index contributed by atoms with van der Waals surface area (Å²) in [6.07, 6.45) is -4.80. The molecule has 122 valence electrons. The van der Waals surface area contributed by atoms with Crippen LogP contribution in [0, 0.1) is 0 Å². The van der Waals surface area contributed by atoms with E-state index in [9.17, 15) is 18.0 Å². The van der Waals surface area contributed by atoms with Gasteiger partial charge >= 0.3 is 12.5 Å². The van der Waals surface area contributed by atoms with E-state index in [4.69, 9.17) is 4.74 Å². The number of nitrogens with zero attached hydrogens (tertiary/aromatic N) is 1. The molecule has 0 atom stereocenters. The van der Waals surface area contributed by atoms with Gasteiger partial charge < -0.3 is 9.47 Å². The lowest BCUT2D eigenvalue weighted by molar-refractivity contribution is -0.274. The van der Waals surface area contributed by atoms with Gasteiger partial charge in [0.25, 0.3) is 0 Å². The first-order valence-electron chi connectivity index (χ1n) is 6.22.